The third-order valence-electron chi connectivity index (χ3n) is 2.94. The molecule has 3 nitrogen and oxygen atoms in total. The van der Waals surface area contributed by atoms with E-state index in [4.69, 9.17) is 22.1 Å². The first-order valence-corrected chi connectivity index (χ1v) is 6.41. The fourth-order valence-corrected chi connectivity index (χ4v) is 2.00. The van der Waals surface area contributed by atoms with Crippen LogP contribution in [-0.4, -0.2) is 36.7 Å². The lowest BCUT2D eigenvalue weighted by Crippen LogP contribution is -2.54. The third kappa shape index (κ3) is 3.87. The lowest BCUT2D eigenvalue weighted by atomic mass is 10.1. The van der Waals surface area contributed by atoms with Crippen molar-refractivity contribution in [1.29, 1.82) is 0 Å². The molecule has 17 heavy (non-hydrogen) atoms. The Kier molecular flexibility index (Phi) is 4.26. The second-order valence-electron chi connectivity index (χ2n) is 4.72. The molecule has 94 valence electrons. The van der Waals surface area contributed by atoms with Crippen LogP contribution < -0.4 is 10.5 Å². The van der Waals surface area contributed by atoms with E-state index in [0.29, 0.717) is 6.10 Å². The van der Waals surface area contributed by atoms with Gasteiger partial charge < -0.3 is 10.5 Å². The highest BCUT2D eigenvalue weighted by Gasteiger charge is 2.27. The van der Waals surface area contributed by atoms with Gasteiger partial charge in [-0.3, -0.25) is 4.90 Å². The van der Waals surface area contributed by atoms with Crippen LogP contribution in [0, 0.1) is 0 Å². The Bertz CT molecular complexity index is 347. The number of hydrogen-bond acceptors (Lipinski definition) is 3. The smallest absolute Gasteiger partial charge is 0.124 e. The molecule has 2 N–H and O–H groups in total. The second-order valence-corrected chi connectivity index (χ2v) is 5.16. The molecule has 0 unspecified atom stereocenters. The number of benzene rings is 1. The van der Waals surface area contributed by atoms with E-state index in [1.165, 1.54) is 0 Å². The van der Waals surface area contributed by atoms with E-state index in [9.17, 15) is 0 Å². The highest BCUT2D eigenvalue weighted by molar-refractivity contribution is 6.30. The average Bonchev–Trinajstić information content (AvgIpc) is 2.23. The Hall–Kier alpha value is -0.770. The van der Waals surface area contributed by atoms with Gasteiger partial charge in [-0.1, -0.05) is 11.6 Å². The van der Waals surface area contributed by atoms with Crippen LogP contribution in [0.1, 0.15) is 13.3 Å². The van der Waals surface area contributed by atoms with Gasteiger partial charge in [0, 0.05) is 24.2 Å². The molecule has 0 amide bonds. The fraction of sp³-hybridized carbons (Fsp3) is 0.538. The molecule has 1 atom stereocenters. The van der Waals surface area contributed by atoms with E-state index in [-0.39, 0.29) is 6.04 Å². The molecule has 0 bridgehead atoms. The Morgan fingerprint density at radius 3 is 2.65 bits per heavy atom. The van der Waals surface area contributed by atoms with Gasteiger partial charge in [0.05, 0.1) is 0 Å². The molecule has 1 aliphatic rings. The van der Waals surface area contributed by atoms with Crippen molar-refractivity contribution in [3.63, 3.8) is 0 Å². The van der Waals surface area contributed by atoms with Crippen LogP contribution in [0.2, 0.25) is 5.02 Å². The van der Waals surface area contributed by atoms with E-state index in [1.807, 2.05) is 31.2 Å². The summed E-state index contributed by atoms with van der Waals surface area (Å²) >= 11 is 5.81. The predicted octanol–water partition coefficient (Wildman–Crippen LogP) is 2.14. The minimum absolute atomic E-state index is 0.284. The van der Waals surface area contributed by atoms with Gasteiger partial charge in [0.25, 0.3) is 0 Å². The van der Waals surface area contributed by atoms with Gasteiger partial charge in [0.1, 0.15) is 11.9 Å². The van der Waals surface area contributed by atoms with Crippen LogP contribution in [0.3, 0.4) is 0 Å². The molecule has 1 aromatic carbocycles. The first-order chi connectivity index (χ1) is 8.13. The molecule has 1 aromatic rings. The van der Waals surface area contributed by atoms with Crippen molar-refractivity contribution in [1.82, 2.24) is 4.90 Å². The van der Waals surface area contributed by atoms with Crippen LogP contribution >= 0.6 is 11.6 Å². The van der Waals surface area contributed by atoms with E-state index < -0.39 is 0 Å². The Labute approximate surface area is 107 Å². The normalized spacial score (nSPS) is 18.8. The first-order valence-electron chi connectivity index (χ1n) is 6.03. The quantitative estimate of drug-likeness (QED) is 0.875. The zero-order valence-corrected chi connectivity index (χ0v) is 10.9. The van der Waals surface area contributed by atoms with Crippen molar-refractivity contribution in [2.24, 2.45) is 5.73 Å². The number of halogens is 1. The van der Waals surface area contributed by atoms with Crippen molar-refractivity contribution >= 4 is 11.6 Å². The van der Waals surface area contributed by atoms with E-state index >= 15 is 0 Å². The van der Waals surface area contributed by atoms with Gasteiger partial charge in [0.2, 0.25) is 0 Å². The maximum atomic E-state index is 5.81. The van der Waals surface area contributed by atoms with E-state index in [0.717, 1.165) is 36.8 Å². The third-order valence-corrected chi connectivity index (χ3v) is 3.19. The summed E-state index contributed by atoms with van der Waals surface area (Å²) in [5.41, 5.74) is 5.72. The minimum atomic E-state index is 0.284. The summed E-state index contributed by atoms with van der Waals surface area (Å²) in [5.74, 6) is 0.895. The molecule has 1 saturated heterocycles. The Morgan fingerprint density at radius 1 is 1.41 bits per heavy atom. The maximum absolute atomic E-state index is 5.81. The van der Waals surface area contributed by atoms with Gasteiger partial charge in [0.15, 0.2) is 0 Å². The van der Waals surface area contributed by atoms with Crippen LogP contribution in [0.5, 0.6) is 5.75 Å². The van der Waals surface area contributed by atoms with Crippen LogP contribution in [0.4, 0.5) is 0 Å². The molecule has 2 rings (SSSR count). The molecule has 1 heterocycles. The zero-order valence-electron chi connectivity index (χ0n) is 10.1. The monoisotopic (exact) mass is 254 g/mol. The summed E-state index contributed by atoms with van der Waals surface area (Å²) < 4.78 is 5.81. The lowest BCUT2D eigenvalue weighted by molar-refractivity contribution is 0.0186. The summed E-state index contributed by atoms with van der Waals surface area (Å²) in [6.45, 7) is 5.10. The number of ether oxygens (including phenoxy) is 1. The molecule has 0 radical (unpaired) electrons. The number of rotatable bonds is 5. The van der Waals surface area contributed by atoms with Crippen molar-refractivity contribution < 1.29 is 4.74 Å². The van der Waals surface area contributed by atoms with Gasteiger partial charge >= 0.3 is 0 Å². The zero-order chi connectivity index (χ0) is 12.3. The Balaban J connectivity index is 1.68. The van der Waals surface area contributed by atoms with Gasteiger partial charge in [-0.2, -0.15) is 0 Å². The topological polar surface area (TPSA) is 38.5 Å². The van der Waals surface area contributed by atoms with Gasteiger partial charge in [-0.15, -0.1) is 0 Å². The standard InChI is InChI=1S/C13H19ClN2O/c1-10(15)6-7-16-8-13(9-16)17-12-4-2-11(14)3-5-12/h2-5,10,13H,6-9,15H2,1H3/t10-/m1/s1. The van der Waals surface area contributed by atoms with Crippen LogP contribution in [0.25, 0.3) is 0 Å². The molecular weight excluding hydrogens is 236 g/mol. The molecule has 0 aliphatic carbocycles. The molecule has 1 aliphatic heterocycles. The number of likely N-dealkylation sites (tertiary alicyclic amines) is 1. The summed E-state index contributed by atoms with van der Waals surface area (Å²) in [6.07, 6.45) is 1.36. The predicted molar refractivity (Wildman–Crippen MR) is 70.6 cm³/mol. The summed E-state index contributed by atoms with van der Waals surface area (Å²) in [7, 11) is 0. The van der Waals surface area contributed by atoms with Gasteiger partial charge in [-0.25, -0.2) is 0 Å². The second kappa shape index (κ2) is 5.71. The molecule has 1 fully saturated rings. The van der Waals surface area contributed by atoms with Crippen LogP contribution in [0.15, 0.2) is 24.3 Å². The van der Waals surface area contributed by atoms with Crippen molar-refractivity contribution in [2.75, 3.05) is 19.6 Å². The fourth-order valence-electron chi connectivity index (χ4n) is 1.87. The highest BCUT2D eigenvalue weighted by Crippen LogP contribution is 2.20. The molecule has 4 heteroatoms. The maximum Gasteiger partial charge on any atom is 0.124 e. The molecule has 0 saturated carbocycles. The number of nitrogens with zero attached hydrogens (tertiary/aromatic N) is 1. The molecule has 0 aromatic heterocycles. The number of nitrogens with two attached hydrogens (primary N) is 1. The number of hydrogen-bond donors (Lipinski definition) is 1. The van der Waals surface area contributed by atoms with Crippen LogP contribution in [-0.2, 0) is 0 Å². The average molecular weight is 255 g/mol. The SMILES string of the molecule is C[C@@H](N)CCN1CC(Oc2ccc(Cl)cc2)C1. The van der Waals surface area contributed by atoms with Crippen molar-refractivity contribution in [3.05, 3.63) is 29.3 Å². The Morgan fingerprint density at radius 2 is 2.06 bits per heavy atom. The highest BCUT2D eigenvalue weighted by atomic mass is 35.5. The van der Waals surface area contributed by atoms with Crippen molar-refractivity contribution in [2.45, 2.75) is 25.5 Å². The molecular formula is C13H19ClN2O. The lowest BCUT2D eigenvalue weighted by Gasteiger charge is -2.39. The van der Waals surface area contributed by atoms with E-state index in [2.05, 4.69) is 4.90 Å². The van der Waals surface area contributed by atoms with Crippen molar-refractivity contribution in [3.8, 4) is 5.75 Å². The summed E-state index contributed by atoms with van der Waals surface area (Å²) in [4.78, 5) is 2.37. The van der Waals surface area contributed by atoms with Gasteiger partial charge in [-0.05, 0) is 44.2 Å². The van der Waals surface area contributed by atoms with E-state index in [1.54, 1.807) is 0 Å². The first kappa shape index (κ1) is 12.7. The minimum Gasteiger partial charge on any atom is -0.488 e. The molecule has 0 spiro atoms. The largest absolute Gasteiger partial charge is 0.488 e. The summed E-state index contributed by atoms with van der Waals surface area (Å²) in [6, 6.07) is 7.80. The summed E-state index contributed by atoms with van der Waals surface area (Å²) in [5, 5.41) is 0.740.